The molecule has 17 heavy (non-hydrogen) atoms. The molecule has 0 bridgehead atoms. The van der Waals surface area contributed by atoms with Gasteiger partial charge in [0.15, 0.2) is 5.58 Å². The largest absolute Gasteiger partial charge is 0.480 e. The van der Waals surface area contributed by atoms with Crippen LogP contribution in [0, 0.1) is 0 Å². The van der Waals surface area contributed by atoms with E-state index >= 15 is 0 Å². The van der Waals surface area contributed by atoms with E-state index < -0.39 is 11.2 Å². The number of benzene rings is 1. The first kappa shape index (κ1) is 11.9. The zero-order valence-corrected chi connectivity index (χ0v) is 9.94. The normalized spacial score (nSPS) is 12.8. The van der Waals surface area contributed by atoms with E-state index in [0.29, 0.717) is 10.8 Å². The third-order valence-electron chi connectivity index (χ3n) is 2.11. The first-order chi connectivity index (χ1) is 8.20. The Hall–Kier alpha value is -1.53. The highest BCUT2D eigenvalue weighted by Crippen LogP contribution is 2.26. The number of thioether (sulfide) groups is 1. The summed E-state index contributed by atoms with van der Waals surface area (Å²) in [6, 6.07) is 7.29. The maximum atomic E-state index is 10.9. The van der Waals surface area contributed by atoms with E-state index in [1.165, 1.54) is 7.11 Å². The summed E-state index contributed by atoms with van der Waals surface area (Å²) in [6.45, 7) is 0.110. The summed E-state index contributed by atoms with van der Waals surface area (Å²) < 4.78 is 10.3. The monoisotopic (exact) mass is 253 g/mol. The molecule has 1 aromatic carbocycles. The van der Waals surface area contributed by atoms with Crippen molar-refractivity contribution < 1.29 is 19.1 Å². The van der Waals surface area contributed by atoms with E-state index in [2.05, 4.69) is 4.98 Å². The number of carbonyl (C=O) groups is 1. The number of carboxylic acid groups (broad SMARTS) is 1. The summed E-state index contributed by atoms with van der Waals surface area (Å²) in [5, 5.41) is 8.60. The van der Waals surface area contributed by atoms with Gasteiger partial charge in [0.1, 0.15) is 10.8 Å². The highest BCUT2D eigenvalue weighted by atomic mass is 32.2. The van der Waals surface area contributed by atoms with Gasteiger partial charge in [-0.15, -0.1) is 0 Å². The summed E-state index contributed by atoms with van der Waals surface area (Å²) in [4.78, 5) is 15.1. The Morgan fingerprint density at radius 1 is 1.59 bits per heavy atom. The van der Waals surface area contributed by atoms with Crippen LogP contribution in [0.1, 0.15) is 0 Å². The number of aliphatic carboxylic acids is 1. The Morgan fingerprint density at radius 3 is 3.00 bits per heavy atom. The van der Waals surface area contributed by atoms with Crippen LogP contribution in [-0.4, -0.2) is 35.0 Å². The van der Waals surface area contributed by atoms with Gasteiger partial charge in [0, 0.05) is 7.11 Å². The van der Waals surface area contributed by atoms with Crippen LogP contribution >= 0.6 is 11.8 Å². The molecule has 0 aliphatic carbocycles. The van der Waals surface area contributed by atoms with Crippen LogP contribution < -0.4 is 0 Å². The van der Waals surface area contributed by atoms with Crippen LogP contribution in [0.5, 0.6) is 0 Å². The summed E-state index contributed by atoms with van der Waals surface area (Å²) in [6.07, 6.45) is 0. The number of fused-ring (bicyclic) bond motifs is 1. The molecule has 90 valence electrons. The summed E-state index contributed by atoms with van der Waals surface area (Å²) in [5.74, 6) is -0.945. The Labute approximate surface area is 102 Å². The van der Waals surface area contributed by atoms with Crippen molar-refractivity contribution in [1.82, 2.24) is 4.98 Å². The van der Waals surface area contributed by atoms with Gasteiger partial charge in [-0.25, -0.2) is 4.98 Å². The van der Waals surface area contributed by atoms with Crippen molar-refractivity contribution in [3.05, 3.63) is 24.3 Å². The molecule has 0 saturated heterocycles. The van der Waals surface area contributed by atoms with E-state index in [-0.39, 0.29) is 6.61 Å². The van der Waals surface area contributed by atoms with Crippen LogP contribution in [0.2, 0.25) is 0 Å². The molecule has 0 spiro atoms. The number of oxazole rings is 1. The van der Waals surface area contributed by atoms with E-state index in [0.717, 1.165) is 17.3 Å². The molecule has 0 aliphatic heterocycles. The van der Waals surface area contributed by atoms with Crippen LogP contribution in [0.4, 0.5) is 0 Å². The molecule has 0 saturated carbocycles. The Morgan fingerprint density at radius 2 is 2.35 bits per heavy atom. The van der Waals surface area contributed by atoms with E-state index in [1.54, 1.807) is 6.07 Å². The second kappa shape index (κ2) is 5.20. The summed E-state index contributed by atoms with van der Waals surface area (Å²) >= 11 is 1.04. The second-order valence-electron chi connectivity index (χ2n) is 3.35. The highest BCUT2D eigenvalue weighted by Gasteiger charge is 2.21. The third-order valence-corrected chi connectivity index (χ3v) is 3.11. The molecule has 5 nitrogen and oxygen atoms in total. The van der Waals surface area contributed by atoms with Crippen molar-refractivity contribution in [2.24, 2.45) is 0 Å². The number of nitrogens with zero attached hydrogens (tertiary/aromatic N) is 1. The molecular formula is C11H11NO4S. The van der Waals surface area contributed by atoms with Crippen molar-refractivity contribution in [2.45, 2.75) is 10.5 Å². The van der Waals surface area contributed by atoms with E-state index in [4.69, 9.17) is 14.3 Å². The van der Waals surface area contributed by atoms with Gasteiger partial charge in [-0.05, 0) is 23.9 Å². The van der Waals surface area contributed by atoms with Crippen molar-refractivity contribution in [1.29, 1.82) is 0 Å². The molecule has 0 fully saturated rings. The first-order valence-electron chi connectivity index (χ1n) is 4.94. The lowest BCUT2D eigenvalue weighted by molar-refractivity contribution is -0.137. The zero-order chi connectivity index (χ0) is 12.3. The molecule has 1 aromatic heterocycles. The lowest BCUT2D eigenvalue weighted by Gasteiger charge is -2.07. The quantitative estimate of drug-likeness (QED) is 0.822. The van der Waals surface area contributed by atoms with Gasteiger partial charge >= 0.3 is 5.97 Å². The molecule has 1 heterocycles. The van der Waals surface area contributed by atoms with Crippen LogP contribution in [0.3, 0.4) is 0 Å². The number of methoxy groups -OCH3 is 1. The van der Waals surface area contributed by atoms with Gasteiger partial charge in [0.05, 0.1) is 6.61 Å². The molecule has 6 heteroatoms. The number of carboxylic acids is 1. The minimum Gasteiger partial charge on any atom is -0.480 e. The molecule has 2 aromatic rings. The standard InChI is InChI=1S/C11H11NO4S/c1-15-6-9(10(13)14)17-11-12-7-4-2-3-5-8(7)16-11/h2-5,9H,6H2,1H3,(H,13,14). The van der Waals surface area contributed by atoms with E-state index in [9.17, 15) is 4.79 Å². The maximum absolute atomic E-state index is 10.9. The Bertz CT molecular complexity index is 492. The average molecular weight is 253 g/mol. The van der Waals surface area contributed by atoms with Crippen molar-refractivity contribution >= 4 is 28.8 Å². The number of ether oxygens (including phenoxy) is 1. The van der Waals surface area contributed by atoms with Gasteiger partial charge in [0.2, 0.25) is 0 Å². The van der Waals surface area contributed by atoms with Gasteiger partial charge in [-0.2, -0.15) is 0 Å². The Kier molecular flexibility index (Phi) is 3.65. The smallest absolute Gasteiger partial charge is 0.319 e. The fraction of sp³-hybridized carbons (Fsp3) is 0.273. The first-order valence-corrected chi connectivity index (χ1v) is 5.82. The van der Waals surface area contributed by atoms with Gasteiger partial charge in [0.25, 0.3) is 5.22 Å². The third kappa shape index (κ3) is 2.78. The minimum atomic E-state index is -0.945. The summed E-state index contributed by atoms with van der Waals surface area (Å²) in [7, 11) is 1.46. The van der Waals surface area contributed by atoms with Crippen LogP contribution in [0.25, 0.3) is 11.1 Å². The number of aromatic nitrogens is 1. The Balaban J connectivity index is 2.19. The predicted octanol–water partition coefficient (Wildman–Crippen LogP) is 2.02. The van der Waals surface area contributed by atoms with E-state index in [1.807, 2.05) is 18.2 Å². The molecule has 0 amide bonds. The average Bonchev–Trinajstić information content (AvgIpc) is 2.70. The lowest BCUT2D eigenvalue weighted by atomic mass is 10.3. The fourth-order valence-electron chi connectivity index (χ4n) is 1.33. The minimum absolute atomic E-state index is 0.110. The fourth-order valence-corrected chi connectivity index (χ4v) is 2.17. The molecule has 1 atom stereocenters. The lowest BCUT2D eigenvalue weighted by Crippen LogP contribution is -2.21. The van der Waals surface area contributed by atoms with Gasteiger partial charge < -0.3 is 14.3 Å². The highest BCUT2D eigenvalue weighted by molar-refractivity contribution is 8.00. The van der Waals surface area contributed by atoms with Crippen LogP contribution in [0.15, 0.2) is 33.9 Å². The molecule has 0 aliphatic rings. The van der Waals surface area contributed by atoms with Crippen molar-refractivity contribution in [3.8, 4) is 0 Å². The predicted molar refractivity (Wildman–Crippen MR) is 63.2 cm³/mol. The van der Waals surface area contributed by atoms with Crippen molar-refractivity contribution in [2.75, 3.05) is 13.7 Å². The number of para-hydroxylation sites is 2. The number of hydrogen-bond acceptors (Lipinski definition) is 5. The second-order valence-corrected chi connectivity index (χ2v) is 4.50. The number of rotatable bonds is 5. The van der Waals surface area contributed by atoms with Crippen molar-refractivity contribution in [3.63, 3.8) is 0 Å². The summed E-state index contributed by atoms with van der Waals surface area (Å²) in [5.41, 5.74) is 1.37. The van der Waals surface area contributed by atoms with Gasteiger partial charge in [-0.1, -0.05) is 12.1 Å². The molecular weight excluding hydrogens is 242 g/mol. The molecule has 2 rings (SSSR count). The number of hydrogen-bond donors (Lipinski definition) is 1. The van der Waals surface area contributed by atoms with Gasteiger partial charge in [-0.3, -0.25) is 4.79 Å². The SMILES string of the molecule is COCC(Sc1nc2ccccc2o1)C(=O)O. The zero-order valence-electron chi connectivity index (χ0n) is 9.12. The molecule has 1 N–H and O–H groups in total. The van der Waals surface area contributed by atoms with Crippen LogP contribution in [-0.2, 0) is 9.53 Å². The molecule has 1 unspecified atom stereocenters. The maximum Gasteiger partial charge on any atom is 0.319 e. The topological polar surface area (TPSA) is 72.6 Å². The molecule has 0 radical (unpaired) electrons.